The Morgan fingerprint density at radius 2 is 2.28 bits per heavy atom. The van der Waals surface area contributed by atoms with Crippen LogP contribution < -0.4 is 5.32 Å². The zero-order chi connectivity index (χ0) is 21.0. The van der Waals surface area contributed by atoms with E-state index in [-0.39, 0.29) is 21.4 Å². The summed E-state index contributed by atoms with van der Waals surface area (Å²) < 4.78 is 5.64. The van der Waals surface area contributed by atoms with Crippen molar-refractivity contribution in [2.24, 2.45) is 0 Å². The Morgan fingerprint density at radius 3 is 2.93 bits per heavy atom. The summed E-state index contributed by atoms with van der Waals surface area (Å²) in [6.07, 6.45) is 4.84. The maximum Gasteiger partial charge on any atom is 0.289 e. The van der Waals surface area contributed by atoms with E-state index in [1.165, 1.54) is 30.0 Å². The number of benzene rings is 1. The van der Waals surface area contributed by atoms with E-state index in [4.69, 9.17) is 11.6 Å². The van der Waals surface area contributed by atoms with Crippen LogP contribution >= 0.6 is 34.9 Å². The molecule has 2 aromatic heterocycles. The van der Waals surface area contributed by atoms with Crippen LogP contribution in [-0.2, 0) is 4.79 Å². The largest absolute Gasteiger partial charge is 0.317 e. The zero-order valence-corrected chi connectivity index (χ0v) is 17.1. The van der Waals surface area contributed by atoms with Crippen LogP contribution in [0, 0.1) is 21.4 Å². The van der Waals surface area contributed by atoms with Gasteiger partial charge in [-0.3, -0.25) is 20.2 Å². The lowest BCUT2D eigenvalue weighted by Gasteiger charge is -2.08. The van der Waals surface area contributed by atoms with Crippen LogP contribution in [0.15, 0.2) is 47.3 Å². The van der Waals surface area contributed by atoms with Gasteiger partial charge in [0.1, 0.15) is 16.7 Å². The Kier molecular flexibility index (Phi) is 6.28. The average Bonchev–Trinajstić information content (AvgIpc) is 3.35. The number of carbonyl (C=O) groups is 1. The second-order valence-corrected chi connectivity index (χ2v) is 7.34. The number of nitriles is 1. The molecule has 0 bridgehead atoms. The molecule has 0 spiro atoms. The molecule has 1 amide bonds. The van der Waals surface area contributed by atoms with Gasteiger partial charge >= 0.3 is 0 Å². The molecule has 0 aliphatic rings. The van der Waals surface area contributed by atoms with Crippen molar-refractivity contribution in [3.8, 4) is 11.8 Å². The number of nitrogens with one attached hydrogen (secondary N) is 1. The minimum atomic E-state index is -0.633. The molecule has 0 aliphatic heterocycles. The third-order valence-electron chi connectivity index (χ3n) is 3.65. The maximum atomic E-state index is 12.4. The summed E-state index contributed by atoms with van der Waals surface area (Å²) in [6.45, 7) is 0. The molecule has 3 rings (SSSR count). The SMILES string of the molecule is CSc1nsc(NC(=O)/C(C#N)=C\c2cccn2-c2ccc(Cl)c([N+](=O)[O-])c2)n1. The smallest absolute Gasteiger partial charge is 0.289 e. The van der Waals surface area contributed by atoms with Gasteiger partial charge in [0, 0.05) is 29.5 Å². The lowest BCUT2D eigenvalue weighted by molar-refractivity contribution is -0.384. The van der Waals surface area contributed by atoms with Gasteiger partial charge in [0.05, 0.1) is 10.6 Å². The number of halogens is 1. The Hall–Kier alpha value is -3.20. The molecule has 0 fully saturated rings. The van der Waals surface area contributed by atoms with Gasteiger partial charge in [-0.2, -0.15) is 14.6 Å². The lowest BCUT2D eigenvalue weighted by atomic mass is 10.2. The summed E-state index contributed by atoms with van der Waals surface area (Å²) in [5.41, 5.74) is 0.542. The first-order valence-electron chi connectivity index (χ1n) is 7.85. The summed E-state index contributed by atoms with van der Waals surface area (Å²) in [4.78, 5) is 27.1. The molecule has 0 saturated carbocycles. The molecule has 0 unspecified atom stereocenters. The number of nitro groups is 1. The van der Waals surface area contributed by atoms with Crippen LogP contribution in [0.1, 0.15) is 5.69 Å². The van der Waals surface area contributed by atoms with Gasteiger partial charge < -0.3 is 4.57 Å². The van der Waals surface area contributed by atoms with Crippen LogP contribution in [0.5, 0.6) is 0 Å². The first kappa shape index (κ1) is 20.5. The molecule has 0 radical (unpaired) electrons. The number of nitro benzene ring substituents is 1. The highest BCUT2D eigenvalue weighted by molar-refractivity contribution is 7.98. The molecular formula is C17H11ClN6O3S2. The fourth-order valence-electron chi connectivity index (χ4n) is 2.34. The second-order valence-electron chi connectivity index (χ2n) is 5.41. The summed E-state index contributed by atoms with van der Waals surface area (Å²) in [7, 11) is 0. The second kappa shape index (κ2) is 8.87. The quantitative estimate of drug-likeness (QED) is 0.198. The van der Waals surface area contributed by atoms with E-state index in [0.29, 0.717) is 16.5 Å². The molecule has 1 aromatic carbocycles. The Bertz CT molecular complexity index is 1160. The standard InChI is InChI=1S/C17H11ClN6O3S2/c1-28-17-21-16(29-22-17)20-15(25)10(9-19)7-11-3-2-6-23(11)12-4-5-13(18)14(8-12)24(26)27/h2-8H,1H3,(H,20,21,22,25)/b10-7-. The molecule has 0 atom stereocenters. The maximum absolute atomic E-state index is 12.4. The highest BCUT2D eigenvalue weighted by Crippen LogP contribution is 2.28. The number of hydrogen-bond acceptors (Lipinski definition) is 8. The van der Waals surface area contributed by atoms with E-state index < -0.39 is 10.8 Å². The average molecular weight is 447 g/mol. The number of amides is 1. The van der Waals surface area contributed by atoms with E-state index in [1.807, 2.05) is 12.3 Å². The number of thioether (sulfide) groups is 1. The molecular weight excluding hydrogens is 436 g/mol. The van der Waals surface area contributed by atoms with Gasteiger partial charge in [-0.05, 0) is 36.6 Å². The molecule has 1 N–H and O–H groups in total. The van der Waals surface area contributed by atoms with E-state index >= 15 is 0 Å². The van der Waals surface area contributed by atoms with Crippen molar-refractivity contribution in [1.29, 1.82) is 5.26 Å². The van der Waals surface area contributed by atoms with Gasteiger partial charge in [-0.25, -0.2) is 0 Å². The third-order valence-corrected chi connectivity index (χ3v) is 5.27. The summed E-state index contributed by atoms with van der Waals surface area (Å²) >= 11 is 8.21. The van der Waals surface area contributed by atoms with Crippen LogP contribution in [0.25, 0.3) is 11.8 Å². The molecule has 3 aromatic rings. The van der Waals surface area contributed by atoms with Crippen molar-refractivity contribution < 1.29 is 9.72 Å². The highest BCUT2D eigenvalue weighted by Gasteiger charge is 2.16. The molecule has 2 heterocycles. The Balaban J connectivity index is 1.91. The van der Waals surface area contributed by atoms with E-state index in [2.05, 4.69) is 14.7 Å². The number of aromatic nitrogens is 3. The van der Waals surface area contributed by atoms with Crippen LogP contribution in [-0.4, -0.2) is 31.0 Å². The van der Waals surface area contributed by atoms with Crippen molar-refractivity contribution in [1.82, 2.24) is 13.9 Å². The van der Waals surface area contributed by atoms with E-state index in [0.717, 1.165) is 11.5 Å². The van der Waals surface area contributed by atoms with Gasteiger partial charge in [-0.1, -0.05) is 23.4 Å². The topological polar surface area (TPSA) is 127 Å². The number of nitrogens with zero attached hydrogens (tertiary/aromatic N) is 5. The van der Waals surface area contributed by atoms with Crippen LogP contribution in [0.2, 0.25) is 5.02 Å². The van der Waals surface area contributed by atoms with Crippen LogP contribution in [0.3, 0.4) is 0 Å². The van der Waals surface area contributed by atoms with E-state index in [9.17, 15) is 20.2 Å². The van der Waals surface area contributed by atoms with Crippen molar-refractivity contribution in [2.75, 3.05) is 11.6 Å². The lowest BCUT2D eigenvalue weighted by Crippen LogP contribution is -2.13. The molecule has 9 nitrogen and oxygen atoms in total. The molecule has 29 heavy (non-hydrogen) atoms. The Morgan fingerprint density at radius 1 is 1.48 bits per heavy atom. The van der Waals surface area contributed by atoms with Gasteiger partial charge in [0.2, 0.25) is 10.3 Å². The fourth-order valence-corrected chi connectivity index (χ4v) is 3.65. The van der Waals surface area contributed by atoms with E-state index in [1.54, 1.807) is 29.0 Å². The number of hydrogen-bond donors (Lipinski definition) is 1. The minimum Gasteiger partial charge on any atom is -0.317 e. The number of rotatable bonds is 6. The first-order valence-corrected chi connectivity index (χ1v) is 10.2. The van der Waals surface area contributed by atoms with Crippen molar-refractivity contribution in [3.63, 3.8) is 0 Å². The predicted molar refractivity (Wildman–Crippen MR) is 111 cm³/mol. The molecule has 0 aliphatic carbocycles. The minimum absolute atomic E-state index is 0.0155. The van der Waals surface area contributed by atoms with Crippen molar-refractivity contribution in [3.05, 3.63) is 62.9 Å². The summed E-state index contributed by atoms with van der Waals surface area (Å²) in [5.74, 6) is -0.633. The highest BCUT2D eigenvalue weighted by atomic mass is 35.5. The zero-order valence-electron chi connectivity index (χ0n) is 14.7. The van der Waals surface area contributed by atoms with Crippen LogP contribution in [0.4, 0.5) is 10.8 Å². The fraction of sp³-hybridized carbons (Fsp3) is 0.0588. The summed E-state index contributed by atoms with van der Waals surface area (Å²) in [6, 6.07) is 9.55. The number of carbonyl (C=O) groups excluding carboxylic acids is 1. The Labute approximate surface area is 178 Å². The van der Waals surface area contributed by atoms with Gasteiger partial charge in [-0.15, -0.1) is 0 Å². The summed E-state index contributed by atoms with van der Waals surface area (Å²) in [5, 5.41) is 23.9. The monoisotopic (exact) mass is 446 g/mol. The number of anilines is 1. The van der Waals surface area contributed by atoms with Crippen molar-refractivity contribution >= 4 is 57.7 Å². The molecule has 0 saturated heterocycles. The normalized spacial score (nSPS) is 11.1. The first-order chi connectivity index (χ1) is 13.9. The van der Waals surface area contributed by atoms with Crippen molar-refractivity contribution in [2.45, 2.75) is 5.16 Å². The van der Waals surface area contributed by atoms with Gasteiger partial charge in [0.25, 0.3) is 11.6 Å². The van der Waals surface area contributed by atoms with Gasteiger partial charge in [0.15, 0.2) is 0 Å². The third kappa shape index (κ3) is 4.62. The molecule has 146 valence electrons. The predicted octanol–water partition coefficient (Wildman–Crippen LogP) is 4.16. The molecule has 12 heteroatoms.